The van der Waals surface area contributed by atoms with Crippen molar-refractivity contribution < 1.29 is 0 Å². The first kappa shape index (κ1) is 5.93. The van der Waals surface area contributed by atoms with Crippen molar-refractivity contribution in [3.8, 4) is 0 Å². The summed E-state index contributed by atoms with van der Waals surface area (Å²) in [5.74, 6) is 5.08. The van der Waals surface area contributed by atoms with E-state index in [2.05, 4.69) is 11.1 Å². The van der Waals surface area contributed by atoms with Crippen LogP contribution in [0.15, 0.2) is 0 Å². The molecule has 0 spiro atoms. The largest absolute Gasteiger partial charge is 0.256 e. The molecule has 8 heavy (non-hydrogen) atoms. The summed E-state index contributed by atoms with van der Waals surface area (Å²) in [6.45, 7) is 1.90. The third-order valence-electron chi connectivity index (χ3n) is 1.11. The SMILES string of the molecule is CN1CCN(NN)N1. The van der Waals surface area contributed by atoms with Gasteiger partial charge in [-0.25, -0.2) is 5.01 Å². The van der Waals surface area contributed by atoms with E-state index in [4.69, 9.17) is 5.84 Å². The minimum absolute atomic E-state index is 0.910. The molecule has 4 N–H and O–H groups in total. The van der Waals surface area contributed by atoms with Gasteiger partial charge >= 0.3 is 0 Å². The summed E-state index contributed by atoms with van der Waals surface area (Å²) in [5.41, 5.74) is 5.41. The Morgan fingerprint density at radius 3 is 2.62 bits per heavy atom. The first-order chi connectivity index (χ1) is 3.83. The molecule has 5 nitrogen and oxygen atoms in total. The summed E-state index contributed by atoms with van der Waals surface area (Å²) in [7, 11) is 1.96. The van der Waals surface area contributed by atoms with E-state index in [1.54, 1.807) is 5.12 Å². The average molecular weight is 117 g/mol. The second kappa shape index (κ2) is 2.38. The minimum Gasteiger partial charge on any atom is -0.256 e. The Morgan fingerprint density at radius 1 is 1.62 bits per heavy atom. The molecule has 1 rings (SSSR count). The third-order valence-corrected chi connectivity index (χ3v) is 1.11. The summed E-state index contributed by atoms with van der Waals surface area (Å²) < 4.78 is 0. The molecule has 0 aromatic carbocycles. The minimum atomic E-state index is 0.910. The molecule has 1 fully saturated rings. The lowest BCUT2D eigenvalue weighted by atomic mass is 10.7. The van der Waals surface area contributed by atoms with Gasteiger partial charge in [-0.15, -0.1) is 0 Å². The molecule has 0 saturated carbocycles. The molecule has 0 atom stereocenters. The Kier molecular flexibility index (Phi) is 1.77. The Labute approximate surface area is 48.3 Å². The van der Waals surface area contributed by atoms with Crippen LogP contribution in [-0.4, -0.2) is 30.3 Å². The van der Waals surface area contributed by atoms with Gasteiger partial charge in [0.15, 0.2) is 0 Å². The maximum absolute atomic E-state index is 5.08. The number of nitrogens with zero attached hydrogens (tertiary/aromatic N) is 2. The molecule has 0 bridgehead atoms. The summed E-state index contributed by atoms with van der Waals surface area (Å²) in [4.78, 5) is 0. The quantitative estimate of drug-likeness (QED) is 0.275. The first-order valence-electron chi connectivity index (χ1n) is 2.54. The molecule has 0 aliphatic carbocycles. The Balaban J connectivity index is 2.22. The van der Waals surface area contributed by atoms with Crippen LogP contribution in [0, 0.1) is 0 Å². The fourth-order valence-corrected chi connectivity index (χ4v) is 0.649. The predicted octanol–water partition coefficient (Wildman–Crippen LogP) is -1.97. The van der Waals surface area contributed by atoms with Crippen molar-refractivity contribution in [2.24, 2.45) is 5.84 Å². The third kappa shape index (κ3) is 1.15. The molecule has 48 valence electrons. The fourth-order valence-electron chi connectivity index (χ4n) is 0.649. The van der Waals surface area contributed by atoms with Crippen molar-refractivity contribution in [2.75, 3.05) is 20.1 Å². The van der Waals surface area contributed by atoms with E-state index in [1.165, 1.54) is 0 Å². The van der Waals surface area contributed by atoms with E-state index < -0.39 is 0 Å². The molecule has 1 saturated heterocycles. The zero-order valence-corrected chi connectivity index (χ0v) is 4.89. The fraction of sp³-hybridized carbons (Fsp3) is 1.00. The maximum atomic E-state index is 5.08. The van der Waals surface area contributed by atoms with Gasteiger partial charge in [-0.05, 0) is 0 Å². The molecule has 0 radical (unpaired) electrons. The normalized spacial score (nSPS) is 24.8. The zero-order chi connectivity index (χ0) is 5.98. The smallest absolute Gasteiger partial charge is 0.0457 e. The highest BCUT2D eigenvalue weighted by Crippen LogP contribution is 1.87. The molecule has 0 unspecified atom stereocenters. The van der Waals surface area contributed by atoms with Gasteiger partial charge in [-0.3, -0.25) is 5.84 Å². The molecule has 0 aromatic rings. The summed E-state index contributed by atoms with van der Waals surface area (Å²) in [5, 5.41) is 3.65. The topological polar surface area (TPSA) is 56.6 Å². The van der Waals surface area contributed by atoms with Gasteiger partial charge in [0.2, 0.25) is 0 Å². The second-order valence-corrected chi connectivity index (χ2v) is 1.80. The van der Waals surface area contributed by atoms with Gasteiger partial charge in [-0.1, -0.05) is 0 Å². The molecule has 5 heteroatoms. The van der Waals surface area contributed by atoms with E-state index in [9.17, 15) is 0 Å². The molecular weight excluding hydrogens is 106 g/mol. The first-order valence-corrected chi connectivity index (χ1v) is 2.54. The molecule has 1 aliphatic heterocycles. The Bertz CT molecular complexity index is 74.1. The van der Waals surface area contributed by atoms with Crippen LogP contribution < -0.4 is 16.9 Å². The predicted molar refractivity (Wildman–Crippen MR) is 29.8 cm³/mol. The van der Waals surface area contributed by atoms with Crippen LogP contribution >= 0.6 is 0 Å². The summed E-state index contributed by atoms with van der Waals surface area (Å²) in [6.07, 6.45) is 0. The van der Waals surface area contributed by atoms with Crippen LogP contribution in [-0.2, 0) is 0 Å². The zero-order valence-electron chi connectivity index (χ0n) is 4.89. The molecule has 0 amide bonds. The number of nitrogens with two attached hydrogens (primary N) is 1. The number of hydrogen-bond acceptors (Lipinski definition) is 5. The van der Waals surface area contributed by atoms with Crippen LogP contribution in [0.25, 0.3) is 0 Å². The van der Waals surface area contributed by atoms with E-state index >= 15 is 0 Å². The lowest BCUT2D eigenvalue weighted by molar-refractivity contribution is 0.0898. The number of hydrazine groups is 4. The monoisotopic (exact) mass is 117 g/mol. The van der Waals surface area contributed by atoms with Crippen LogP contribution in [0.3, 0.4) is 0 Å². The second-order valence-electron chi connectivity index (χ2n) is 1.80. The van der Waals surface area contributed by atoms with Crippen molar-refractivity contribution in [2.45, 2.75) is 0 Å². The Hall–Kier alpha value is -0.200. The van der Waals surface area contributed by atoms with Crippen molar-refractivity contribution in [3.05, 3.63) is 0 Å². The van der Waals surface area contributed by atoms with Crippen molar-refractivity contribution >= 4 is 0 Å². The number of rotatable bonds is 1. The van der Waals surface area contributed by atoms with Crippen LogP contribution in [0.1, 0.15) is 0 Å². The van der Waals surface area contributed by atoms with E-state index in [1.807, 2.05) is 12.1 Å². The molecule has 0 aromatic heterocycles. The van der Waals surface area contributed by atoms with Gasteiger partial charge in [0, 0.05) is 20.1 Å². The van der Waals surface area contributed by atoms with Gasteiger partial charge in [0.1, 0.15) is 0 Å². The van der Waals surface area contributed by atoms with E-state index in [0.717, 1.165) is 13.1 Å². The molecule has 1 aliphatic rings. The number of nitrogens with one attached hydrogen (secondary N) is 2. The van der Waals surface area contributed by atoms with Gasteiger partial charge in [-0.2, -0.15) is 16.2 Å². The van der Waals surface area contributed by atoms with Gasteiger partial charge in [0.05, 0.1) is 0 Å². The summed E-state index contributed by atoms with van der Waals surface area (Å²) >= 11 is 0. The van der Waals surface area contributed by atoms with Crippen LogP contribution in [0.2, 0.25) is 0 Å². The van der Waals surface area contributed by atoms with Crippen LogP contribution in [0.5, 0.6) is 0 Å². The number of likely N-dealkylation sites (N-methyl/N-ethyl adjacent to an activating group) is 1. The molecular formula is C3H11N5. The number of hydrogen-bond donors (Lipinski definition) is 3. The van der Waals surface area contributed by atoms with E-state index in [-0.39, 0.29) is 0 Å². The van der Waals surface area contributed by atoms with Crippen molar-refractivity contribution in [1.82, 2.24) is 21.2 Å². The highest BCUT2D eigenvalue weighted by atomic mass is 15.9. The lowest BCUT2D eigenvalue weighted by Crippen LogP contribution is -2.49. The maximum Gasteiger partial charge on any atom is 0.0457 e. The van der Waals surface area contributed by atoms with Gasteiger partial charge in [0.25, 0.3) is 0 Å². The van der Waals surface area contributed by atoms with Crippen molar-refractivity contribution in [3.63, 3.8) is 0 Å². The van der Waals surface area contributed by atoms with E-state index in [0.29, 0.717) is 0 Å². The van der Waals surface area contributed by atoms with Crippen molar-refractivity contribution in [1.29, 1.82) is 0 Å². The Morgan fingerprint density at radius 2 is 2.38 bits per heavy atom. The molecule has 1 heterocycles. The standard InChI is InChI=1S/C3H11N5/c1-7-2-3-8(5-4)6-7/h5-6H,2-4H2,1H3. The highest BCUT2D eigenvalue weighted by Gasteiger charge is 2.12. The average Bonchev–Trinajstić information content (AvgIpc) is 2.14. The lowest BCUT2D eigenvalue weighted by Gasteiger charge is -2.13. The highest BCUT2D eigenvalue weighted by molar-refractivity contribution is 4.53. The summed E-state index contributed by atoms with van der Waals surface area (Å²) in [6, 6.07) is 0. The van der Waals surface area contributed by atoms with Crippen LogP contribution in [0.4, 0.5) is 0 Å². The van der Waals surface area contributed by atoms with Gasteiger partial charge < -0.3 is 0 Å².